The number of aliphatic hydroxyl groups excluding tert-OH is 1. The quantitative estimate of drug-likeness (QED) is 0.553. The fourth-order valence-electron chi connectivity index (χ4n) is 4.33. The van der Waals surface area contributed by atoms with E-state index in [2.05, 4.69) is 45.7 Å². The zero-order valence-corrected chi connectivity index (χ0v) is 18.6. The van der Waals surface area contributed by atoms with Gasteiger partial charge in [-0.15, -0.1) is 0 Å². The van der Waals surface area contributed by atoms with E-state index < -0.39 is 0 Å². The largest absolute Gasteiger partial charge is 0.396 e. The summed E-state index contributed by atoms with van der Waals surface area (Å²) in [5, 5.41) is 14.3. The second-order valence-corrected chi connectivity index (χ2v) is 8.36. The zero-order valence-electron chi connectivity index (χ0n) is 17.0. The van der Waals surface area contributed by atoms with Gasteiger partial charge >= 0.3 is 0 Å². The highest BCUT2D eigenvalue weighted by Gasteiger charge is 2.41. The number of nitrogens with zero attached hydrogens (tertiary/aromatic N) is 3. The van der Waals surface area contributed by atoms with Crippen LogP contribution in [-0.2, 0) is 0 Å². The summed E-state index contributed by atoms with van der Waals surface area (Å²) in [4.78, 5) is 6.77. The molecule has 1 aliphatic heterocycles. The topological polar surface area (TPSA) is 53.3 Å². The molecule has 0 radical (unpaired) electrons. The molecule has 0 aliphatic carbocycles. The van der Waals surface area contributed by atoms with E-state index in [1.807, 2.05) is 42.6 Å². The molecule has 1 saturated heterocycles. The average Bonchev–Trinajstić information content (AvgIpc) is 3.22. The SMILES string of the molecule is Cc1cc([C@@H]2[C@@H](c3ccccn3)NC(=S)N2CCCO)c(C)n1-c1cccc(Cl)c1. The molecule has 30 heavy (non-hydrogen) atoms. The molecule has 0 unspecified atom stereocenters. The van der Waals surface area contributed by atoms with Crippen LogP contribution >= 0.6 is 23.8 Å². The normalized spacial score (nSPS) is 18.7. The summed E-state index contributed by atoms with van der Waals surface area (Å²) in [5.41, 5.74) is 5.44. The summed E-state index contributed by atoms with van der Waals surface area (Å²) in [5.74, 6) is 0. The van der Waals surface area contributed by atoms with Crippen molar-refractivity contribution in [1.29, 1.82) is 0 Å². The molecule has 7 heteroatoms. The van der Waals surface area contributed by atoms with Gasteiger partial charge in [-0.05, 0) is 74.4 Å². The first-order chi connectivity index (χ1) is 14.5. The summed E-state index contributed by atoms with van der Waals surface area (Å²) in [6.07, 6.45) is 2.46. The summed E-state index contributed by atoms with van der Waals surface area (Å²) >= 11 is 11.9. The monoisotopic (exact) mass is 440 g/mol. The van der Waals surface area contributed by atoms with E-state index in [-0.39, 0.29) is 18.7 Å². The van der Waals surface area contributed by atoms with Gasteiger partial charge in [0.25, 0.3) is 0 Å². The van der Waals surface area contributed by atoms with E-state index in [0.717, 1.165) is 22.8 Å². The van der Waals surface area contributed by atoms with Gasteiger partial charge in [0.1, 0.15) is 0 Å². The van der Waals surface area contributed by atoms with Gasteiger partial charge in [-0.3, -0.25) is 4.98 Å². The molecular formula is C23H25ClN4OS. The van der Waals surface area contributed by atoms with Crippen LogP contribution in [0, 0.1) is 13.8 Å². The number of halogens is 1. The van der Waals surface area contributed by atoms with Crippen molar-refractivity contribution in [3.8, 4) is 5.69 Å². The molecule has 5 nitrogen and oxygen atoms in total. The first-order valence-corrected chi connectivity index (χ1v) is 10.8. The first kappa shape index (κ1) is 20.8. The highest BCUT2D eigenvalue weighted by atomic mass is 35.5. The van der Waals surface area contributed by atoms with Crippen molar-refractivity contribution in [3.05, 3.63) is 82.4 Å². The first-order valence-electron chi connectivity index (χ1n) is 10.0. The van der Waals surface area contributed by atoms with Gasteiger partial charge in [0.05, 0.1) is 17.8 Å². The average molecular weight is 441 g/mol. The summed E-state index contributed by atoms with van der Waals surface area (Å²) in [7, 11) is 0. The van der Waals surface area contributed by atoms with E-state index in [9.17, 15) is 5.11 Å². The number of aryl methyl sites for hydroxylation is 1. The van der Waals surface area contributed by atoms with E-state index in [1.165, 1.54) is 5.56 Å². The zero-order chi connectivity index (χ0) is 21.3. The Labute approximate surface area is 187 Å². The molecule has 0 amide bonds. The minimum absolute atomic E-state index is 0.0157. The number of hydrogen-bond acceptors (Lipinski definition) is 3. The molecule has 1 aliphatic rings. The third-order valence-electron chi connectivity index (χ3n) is 5.61. The van der Waals surface area contributed by atoms with Gasteiger partial charge in [-0.1, -0.05) is 23.7 Å². The molecule has 0 saturated carbocycles. The van der Waals surface area contributed by atoms with Crippen LogP contribution in [0.3, 0.4) is 0 Å². The predicted molar refractivity (Wildman–Crippen MR) is 124 cm³/mol. The summed E-state index contributed by atoms with van der Waals surface area (Å²) in [6, 6.07) is 16.0. The van der Waals surface area contributed by atoms with Crippen molar-refractivity contribution >= 4 is 28.9 Å². The van der Waals surface area contributed by atoms with Crippen LogP contribution in [0.15, 0.2) is 54.7 Å². The van der Waals surface area contributed by atoms with Crippen LogP contribution in [0.4, 0.5) is 0 Å². The number of thiocarbonyl (C=S) groups is 1. The second kappa shape index (κ2) is 8.76. The van der Waals surface area contributed by atoms with Gasteiger partial charge in [0.2, 0.25) is 0 Å². The van der Waals surface area contributed by atoms with Crippen molar-refractivity contribution in [2.75, 3.05) is 13.2 Å². The maximum Gasteiger partial charge on any atom is 0.170 e. The second-order valence-electron chi connectivity index (χ2n) is 7.54. The smallest absolute Gasteiger partial charge is 0.170 e. The molecule has 3 heterocycles. The third-order valence-corrected chi connectivity index (χ3v) is 6.20. The molecule has 2 N–H and O–H groups in total. The lowest BCUT2D eigenvalue weighted by molar-refractivity contribution is 0.247. The van der Waals surface area contributed by atoms with Gasteiger partial charge in [-0.2, -0.15) is 0 Å². The number of pyridine rings is 1. The molecule has 3 aromatic rings. The van der Waals surface area contributed by atoms with Crippen LogP contribution in [0.5, 0.6) is 0 Å². The maximum absolute atomic E-state index is 9.41. The Bertz CT molecular complexity index is 1050. The molecule has 2 aromatic heterocycles. The molecule has 0 bridgehead atoms. The lowest BCUT2D eigenvalue weighted by Gasteiger charge is -2.28. The Morgan fingerprint density at radius 3 is 2.70 bits per heavy atom. The number of aromatic nitrogens is 2. The van der Waals surface area contributed by atoms with Crippen molar-refractivity contribution < 1.29 is 5.11 Å². The van der Waals surface area contributed by atoms with Crippen LogP contribution in [0.1, 0.15) is 41.1 Å². The highest BCUT2D eigenvalue weighted by Crippen LogP contribution is 2.41. The van der Waals surface area contributed by atoms with Gasteiger partial charge < -0.3 is 19.9 Å². The standard InChI is InChI=1S/C23H25ClN4OS/c1-15-13-19(16(2)28(15)18-8-5-7-17(24)14-18)22-21(20-9-3-4-10-25-20)26-23(30)27(22)11-6-12-29/h3-5,7-10,13-14,21-22,29H,6,11-12H2,1-2H3,(H,26,30)/t21-,22-/m1/s1. The Kier molecular flexibility index (Phi) is 6.09. The van der Waals surface area contributed by atoms with E-state index in [1.54, 1.807) is 0 Å². The van der Waals surface area contributed by atoms with Crippen molar-refractivity contribution in [2.45, 2.75) is 32.4 Å². The fraction of sp³-hybridized carbons (Fsp3) is 0.304. The van der Waals surface area contributed by atoms with Crippen LogP contribution in [0.2, 0.25) is 5.02 Å². The van der Waals surface area contributed by atoms with E-state index in [0.29, 0.717) is 23.1 Å². The molecule has 156 valence electrons. The van der Waals surface area contributed by atoms with Crippen LogP contribution < -0.4 is 5.32 Å². The number of nitrogens with one attached hydrogen (secondary N) is 1. The maximum atomic E-state index is 9.41. The molecule has 4 rings (SSSR count). The van der Waals surface area contributed by atoms with Crippen molar-refractivity contribution in [3.63, 3.8) is 0 Å². The van der Waals surface area contributed by atoms with Gasteiger partial charge in [0.15, 0.2) is 5.11 Å². The van der Waals surface area contributed by atoms with Crippen LogP contribution in [0.25, 0.3) is 5.69 Å². The molecular weight excluding hydrogens is 416 g/mol. The minimum atomic E-state index is -0.0642. The summed E-state index contributed by atoms with van der Waals surface area (Å²) < 4.78 is 2.22. The number of hydrogen-bond donors (Lipinski definition) is 2. The molecule has 0 spiro atoms. The van der Waals surface area contributed by atoms with E-state index in [4.69, 9.17) is 23.8 Å². The predicted octanol–water partition coefficient (Wildman–Crippen LogP) is 4.50. The van der Waals surface area contributed by atoms with Crippen molar-refractivity contribution in [1.82, 2.24) is 19.8 Å². The summed E-state index contributed by atoms with van der Waals surface area (Å²) in [6.45, 7) is 5.04. The Morgan fingerprint density at radius 1 is 1.17 bits per heavy atom. The fourth-order valence-corrected chi connectivity index (χ4v) is 4.84. The lowest BCUT2D eigenvalue weighted by atomic mass is 9.96. The van der Waals surface area contributed by atoms with Gasteiger partial charge in [0, 0.05) is 41.4 Å². The highest BCUT2D eigenvalue weighted by molar-refractivity contribution is 7.80. The van der Waals surface area contributed by atoms with E-state index >= 15 is 0 Å². The molecule has 1 fully saturated rings. The van der Waals surface area contributed by atoms with Gasteiger partial charge in [-0.25, -0.2) is 0 Å². The Hall–Kier alpha value is -2.41. The molecule has 2 atom stereocenters. The number of aliphatic hydroxyl groups is 1. The molecule has 1 aromatic carbocycles. The third kappa shape index (κ3) is 3.83. The number of benzene rings is 1. The Balaban J connectivity index is 1.82. The van der Waals surface area contributed by atoms with Crippen LogP contribution in [-0.4, -0.2) is 37.8 Å². The minimum Gasteiger partial charge on any atom is -0.396 e. The lowest BCUT2D eigenvalue weighted by Crippen LogP contribution is -2.31. The number of rotatable bonds is 6. The Morgan fingerprint density at radius 2 is 2.00 bits per heavy atom. The van der Waals surface area contributed by atoms with Crippen molar-refractivity contribution in [2.24, 2.45) is 0 Å².